The zero-order valence-corrected chi connectivity index (χ0v) is 15.1. The van der Waals surface area contributed by atoms with E-state index in [2.05, 4.69) is 10.9 Å². The number of hydrogen-bond donors (Lipinski definition) is 2. The third-order valence-corrected chi connectivity index (χ3v) is 3.62. The van der Waals surface area contributed by atoms with E-state index in [9.17, 15) is 14.4 Å². The molecule has 0 aromatic heterocycles. The Morgan fingerprint density at radius 2 is 1.44 bits per heavy atom. The van der Waals surface area contributed by atoms with E-state index in [4.69, 9.17) is 14.2 Å². The predicted molar refractivity (Wildman–Crippen MR) is 96.5 cm³/mol. The number of nitrogens with one attached hydrogen (secondary N) is 2. The van der Waals surface area contributed by atoms with Crippen LogP contribution in [0, 0.1) is 0 Å². The summed E-state index contributed by atoms with van der Waals surface area (Å²) in [6.07, 6.45) is -1.16. The molecule has 0 spiro atoms. The summed E-state index contributed by atoms with van der Waals surface area (Å²) in [6, 6.07) is 13.2. The minimum absolute atomic E-state index is 0.0653. The number of carbonyl (C=O) groups is 3. The Labute approximate surface area is 156 Å². The van der Waals surface area contributed by atoms with Gasteiger partial charge in [0.15, 0.2) is 6.10 Å². The Balaban J connectivity index is 1.98. The molecule has 0 aliphatic heterocycles. The van der Waals surface area contributed by atoms with E-state index in [1.165, 1.54) is 21.1 Å². The van der Waals surface area contributed by atoms with Crippen LogP contribution in [0.5, 0.6) is 11.5 Å². The van der Waals surface area contributed by atoms with Gasteiger partial charge in [-0.25, -0.2) is 4.79 Å². The number of methoxy groups -OCH3 is 2. The van der Waals surface area contributed by atoms with Crippen molar-refractivity contribution in [1.82, 2.24) is 10.9 Å². The lowest BCUT2D eigenvalue weighted by Crippen LogP contribution is -2.46. The molecule has 2 aromatic rings. The van der Waals surface area contributed by atoms with Gasteiger partial charge < -0.3 is 14.2 Å². The van der Waals surface area contributed by atoms with Gasteiger partial charge in [-0.1, -0.05) is 24.3 Å². The summed E-state index contributed by atoms with van der Waals surface area (Å²) in [5.41, 5.74) is 4.92. The molecule has 2 rings (SSSR count). The number of hydrogen-bond acceptors (Lipinski definition) is 6. The summed E-state index contributed by atoms with van der Waals surface area (Å²) in [5, 5.41) is 0. The lowest BCUT2D eigenvalue weighted by Gasteiger charge is -2.16. The molecule has 8 heteroatoms. The minimum Gasteiger partial charge on any atom is -0.496 e. The normalized spacial score (nSPS) is 11.1. The van der Waals surface area contributed by atoms with Gasteiger partial charge in [0.1, 0.15) is 17.1 Å². The first-order valence-electron chi connectivity index (χ1n) is 8.05. The highest BCUT2D eigenvalue weighted by atomic mass is 16.6. The summed E-state index contributed by atoms with van der Waals surface area (Å²) in [7, 11) is 2.81. The van der Waals surface area contributed by atoms with E-state index in [0.717, 1.165) is 0 Å². The van der Waals surface area contributed by atoms with Gasteiger partial charge >= 0.3 is 5.97 Å². The lowest BCUT2D eigenvalue weighted by molar-refractivity contribution is -0.129. The summed E-state index contributed by atoms with van der Waals surface area (Å²) >= 11 is 0. The molecule has 0 aliphatic rings. The highest BCUT2D eigenvalue weighted by Gasteiger charge is 2.25. The standard InChI is InChI=1S/C19H20N2O6/c1-12(17(22)20-21-18(23)13-8-5-4-6-9-13)27-19(24)16-14(25-2)10-7-11-15(16)26-3/h4-12H,1-3H3,(H,20,22)(H,21,23)/t12-/m0/s1. The number of benzene rings is 2. The predicted octanol–water partition coefficient (Wildman–Crippen LogP) is 1.71. The van der Waals surface area contributed by atoms with Crippen LogP contribution >= 0.6 is 0 Å². The molecule has 0 aliphatic carbocycles. The molecule has 2 aromatic carbocycles. The van der Waals surface area contributed by atoms with Crippen LogP contribution in [0.25, 0.3) is 0 Å². The van der Waals surface area contributed by atoms with Crippen molar-refractivity contribution < 1.29 is 28.6 Å². The molecule has 0 saturated heterocycles. The molecule has 0 radical (unpaired) electrons. The Hall–Kier alpha value is -3.55. The van der Waals surface area contributed by atoms with Crippen molar-refractivity contribution in [3.05, 3.63) is 59.7 Å². The summed E-state index contributed by atoms with van der Waals surface area (Å²) in [6.45, 7) is 1.38. The molecule has 2 amide bonds. The number of carbonyl (C=O) groups excluding carboxylic acids is 3. The zero-order valence-electron chi connectivity index (χ0n) is 15.1. The maximum absolute atomic E-state index is 12.4. The van der Waals surface area contributed by atoms with Gasteiger partial charge in [0.2, 0.25) is 0 Å². The number of esters is 1. The average Bonchev–Trinajstić information content (AvgIpc) is 2.71. The first kappa shape index (κ1) is 19.8. The molecule has 1 atom stereocenters. The maximum Gasteiger partial charge on any atom is 0.346 e. The Kier molecular flexibility index (Phi) is 6.76. The molecule has 8 nitrogen and oxygen atoms in total. The molecule has 0 unspecified atom stereocenters. The summed E-state index contributed by atoms with van der Waals surface area (Å²) in [4.78, 5) is 36.4. The fourth-order valence-electron chi connectivity index (χ4n) is 2.21. The molecule has 0 heterocycles. The Morgan fingerprint density at radius 1 is 0.852 bits per heavy atom. The van der Waals surface area contributed by atoms with Crippen LogP contribution in [0.4, 0.5) is 0 Å². The number of amides is 2. The van der Waals surface area contributed by atoms with E-state index in [1.807, 2.05) is 0 Å². The fourth-order valence-corrected chi connectivity index (χ4v) is 2.21. The third kappa shape index (κ3) is 4.97. The van der Waals surface area contributed by atoms with Crippen LogP contribution in [-0.4, -0.2) is 38.1 Å². The molecular weight excluding hydrogens is 352 g/mol. The average molecular weight is 372 g/mol. The molecule has 142 valence electrons. The topological polar surface area (TPSA) is 103 Å². The molecule has 0 bridgehead atoms. The summed E-state index contributed by atoms with van der Waals surface area (Å²) < 4.78 is 15.4. The first-order chi connectivity index (χ1) is 13.0. The molecule has 0 saturated carbocycles. The van der Waals surface area contributed by atoms with Crippen molar-refractivity contribution in [2.45, 2.75) is 13.0 Å². The highest BCUT2D eigenvalue weighted by molar-refractivity contribution is 5.98. The van der Waals surface area contributed by atoms with E-state index < -0.39 is 23.9 Å². The van der Waals surface area contributed by atoms with Crippen molar-refractivity contribution in [2.75, 3.05) is 14.2 Å². The van der Waals surface area contributed by atoms with Crippen LogP contribution < -0.4 is 20.3 Å². The quantitative estimate of drug-likeness (QED) is 0.591. The molecular formula is C19H20N2O6. The number of hydrazine groups is 1. The van der Waals surface area contributed by atoms with E-state index >= 15 is 0 Å². The van der Waals surface area contributed by atoms with Gasteiger partial charge in [-0.15, -0.1) is 0 Å². The van der Waals surface area contributed by atoms with Gasteiger partial charge in [-0.3, -0.25) is 20.4 Å². The van der Waals surface area contributed by atoms with Gasteiger partial charge in [-0.2, -0.15) is 0 Å². The minimum atomic E-state index is -1.16. The number of ether oxygens (including phenoxy) is 3. The van der Waals surface area contributed by atoms with Crippen LogP contribution in [-0.2, 0) is 9.53 Å². The molecule has 27 heavy (non-hydrogen) atoms. The van der Waals surface area contributed by atoms with E-state index in [-0.39, 0.29) is 17.1 Å². The zero-order chi connectivity index (χ0) is 19.8. The lowest BCUT2D eigenvalue weighted by atomic mass is 10.1. The molecule has 2 N–H and O–H groups in total. The van der Waals surface area contributed by atoms with Crippen LogP contribution in [0.2, 0.25) is 0 Å². The van der Waals surface area contributed by atoms with E-state index in [0.29, 0.717) is 5.56 Å². The van der Waals surface area contributed by atoms with Crippen molar-refractivity contribution >= 4 is 17.8 Å². The van der Waals surface area contributed by atoms with Crippen molar-refractivity contribution in [1.29, 1.82) is 0 Å². The monoisotopic (exact) mass is 372 g/mol. The van der Waals surface area contributed by atoms with Crippen LogP contribution in [0.1, 0.15) is 27.6 Å². The van der Waals surface area contributed by atoms with Gasteiger partial charge in [0.05, 0.1) is 14.2 Å². The maximum atomic E-state index is 12.4. The van der Waals surface area contributed by atoms with E-state index in [1.54, 1.807) is 48.5 Å². The summed E-state index contributed by atoms with van der Waals surface area (Å²) in [5.74, 6) is -1.47. The van der Waals surface area contributed by atoms with Crippen molar-refractivity contribution in [2.24, 2.45) is 0 Å². The second-order valence-electron chi connectivity index (χ2n) is 5.39. The number of rotatable bonds is 6. The second-order valence-corrected chi connectivity index (χ2v) is 5.39. The Morgan fingerprint density at radius 3 is 2.00 bits per heavy atom. The SMILES string of the molecule is COc1cccc(OC)c1C(=O)O[C@@H](C)C(=O)NNC(=O)c1ccccc1. The van der Waals surface area contributed by atoms with Crippen molar-refractivity contribution in [3.8, 4) is 11.5 Å². The Bertz CT molecular complexity index is 800. The second kappa shape index (κ2) is 9.23. The first-order valence-corrected chi connectivity index (χ1v) is 8.05. The largest absolute Gasteiger partial charge is 0.496 e. The third-order valence-electron chi connectivity index (χ3n) is 3.62. The van der Waals surface area contributed by atoms with Crippen LogP contribution in [0.3, 0.4) is 0 Å². The van der Waals surface area contributed by atoms with Gasteiger partial charge in [0.25, 0.3) is 11.8 Å². The van der Waals surface area contributed by atoms with Crippen LogP contribution in [0.15, 0.2) is 48.5 Å². The van der Waals surface area contributed by atoms with Crippen molar-refractivity contribution in [3.63, 3.8) is 0 Å². The highest BCUT2D eigenvalue weighted by Crippen LogP contribution is 2.29. The smallest absolute Gasteiger partial charge is 0.346 e. The fraction of sp³-hybridized carbons (Fsp3) is 0.211. The van der Waals surface area contributed by atoms with Gasteiger partial charge in [0, 0.05) is 5.56 Å². The van der Waals surface area contributed by atoms with Gasteiger partial charge in [-0.05, 0) is 31.2 Å². The molecule has 0 fully saturated rings.